The van der Waals surface area contributed by atoms with Crippen molar-refractivity contribution in [1.29, 1.82) is 0 Å². The number of fused-ring (bicyclic) bond motifs is 1. The molecule has 0 aromatic heterocycles. The Bertz CT molecular complexity index is 993. The van der Waals surface area contributed by atoms with E-state index in [-0.39, 0.29) is 5.91 Å². The van der Waals surface area contributed by atoms with Crippen molar-refractivity contribution in [2.24, 2.45) is 0 Å². The zero-order valence-corrected chi connectivity index (χ0v) is 19.6. The standard InChI is InChI=1S/C26H33N3O4/c1-25(2,3)33-24(31)28-26(13-12-19-6-4-5-7-20(19)18-26)23(30)27-21-8-10-22(11-9-21)29-14-16-32-17-15-29/h4-11H,12-18H2,1-3H3,(H,27,30)(H,28,31). The fraction of sp³-hybridized carbons (Fsp3) is 0.462. The van der Waals surface area contributed by atoms with Crippen molar-refractivity contribution in [2.75, 3.05) is 36.5 Å². The van der Waals surface area contributed by atoms with Crippen molar-refractivity contribution in [2.45, 2.75) is 51.2 Å². The second-order valence-electron chi connectivity index (χ2n) is 9.75. The van der Waals surface area contributed by atoms with Crippen molar-refractivity contribution in [3.63, 3.8) is 0 Å². The lowest BCUT2D eigenvalue weighted by Gasteiger charge is -2.38. The molecular formula is C26H33N3O4. The maximum atomic E-state index is 13.6. The number of amides is 2. The molecule has 0 saturated carbocycles. The van der Waals surface area contributed by atoms with Gasteiger partial charge in [-0.25, -0.2) is 4.79 Å². The third-order valence-corrected chi connectivity index (χ3v) is 6.11. The van der Waals surface area contributed by atoms with Gasteiger partial charge in [0.25, 0.3) is 5.91 Å². The van der Waals surface area contributed by atoms with Crippen LogP contribution in [0.4, 0.5) is 16.2 Å². The molecule has 1 aliphatic carbocycles. The maximum absolute atomic E-state index is 13.6. The predicted octanol–water partition coefficient (Wildman–Crippen LogP) is 3.91. The number of carbonyl (C=O) groups excluding carboxylic acids is 2. The topological polar surface area (TPSA) is 79.9 Å². The SMILES string of the molecule is CC(C)(C)OC(=O)NC1(C(=O)Nc2ccc(N3CCOCC3)cc2)CCc2ccccc2C1. The molecule has 33 heavy (non-hydrogen) atoms. The molecule has 1 fully saturated rings. The molecule has 4 rings (SSSR count). The van der Waals surface area contributed by atoms with Gasteiger partial charge in [-0.15, -0.1) is 0 Å². The lowest BCUT2D eigenvalue weighted by molar-refractivity contribution is -0.123. The summed E-state index contributed by atoms with van der Waals surface area (Å²) in [5.41, 5.74) is 2.34. The zero-order valence-electron chi connectivity index (χ0n) is 19.6. The Morgan fingerprint density at radius 3 is 2.33 bits per heavy atom. The van der Waals surface area contributed by atoms with Crippen LogP contribution in [0.1, 0.15) is 38.3 Å². The fourth-order valence-electron chi connectivity index (χ4n) is 4.42. The Morgan fingerprint density at radius 2 is 1.67 bits per heavy atom. The monoisotopic (exact) mass is 451 g/mol. The van der Waals surface area contributed by atoms with E-state index in [0.29, 0.717) is 24.9 Å². The van der Waals surface area contributed by atoms with E-state index >= 15 is 0 Å². The minimum Gasteiger partial charge on any atom is -0.444 e. The number of morpholine rings is 1. The molecule has 1 saturated heterocycles. The minimum atomic E-state index is -1.08. The predicted molar refractivity (Wildman–Crippen MR) is 129 cm³/mol. The number of anilines is 2. The summed E-state index contributed by atoms with van der Waals surface area (Å²) in [6.45, 7) is 8.59. The van der Waals surface area contributed by atoms with E-state index in [0.717, 1.165) is 37.6 Å². The zero-order chi connectivity index (χ0) is 23.5. The summed E-state index contributed by atoms with van der Waals surface area (Å²) >= 11 is 0. The summed E-state index contributed by atoms with van der Waals surface area (Å²) in [5.74, 6) is -0.234. The van der Waals surface area contributed by atoms with Crippen LogP contribution in [0.5, 0.6) is 0 Å². The first-order chi connectivity index (χ1) is 15.7. The summed E-state index contributed by atoms with van der Waals surface area (Å²) in [6.07, 6.45) is 1.04. The van der Waals surface area contributed by atoms with Crippen LogP contribution in [0.2, 0.25) is 0 Å². The van der Waals surface area contributed by atoms with Crippen LogP contribution in [-0.2, 0) is 27.1 Å². The second kappa shape index (κ2) is 9.43. The highest BCUT2D eigenvalue weighted by atomic mass is 16.6. The Hall–Kier alpha value is -3.06. The molecule has 1 aliphatic heterocycles. The number of alkyl carbamates (subject to hydrolysis) is 1. The number of ether oxygens (including phenoxy) is 2. The van der Waals surface area contributed by atoms with Crippen LogP contribution in [-0.4, -0.2) is 49.4 Å². The third-order valence-electron chi connectivity index (χ3n) is 6.11. The van der Waals surface area contributed by atoms with E-state index < -0.39 is 17.2 Å². The average Bonchev–Trinajstić information content (AvgIpc) is 2.79. The highest BCUT2D eigenvalue weighted by Crippen LogP contribution is 2.31. The van der Waals surface area contributed by atoms with E-state index in [1.165, 1.54) is 5.56 Å². The molecule has 2 N–H and O–H groups in total. The average molecular weight is 452 g/mol. The molecule has 7 nitrogen and oxygen atoms in total. The molecular weight excluding hydrogens is 418 g/mol. The van der Waals surface area contributed by atoms with Gasteiger partial charge in [0.2, 0.25) is 0 Å². The molecule has 1 heterocycles. The fourth-order valence-corrected chi connectivity index (χ4v) is 4.42. The number of benzene rings is 2. The van der Waals surface area contributed by atoms with Crippen LogP contribution in [0.15, 0.2) is 48.5 Å². The van der Waals surface area contributed by atoms with Gasteiger partial charge < -0.3 is 25.0 Å². The van der Waals surface area contributed by atoms with Crippen molar-refractivity contribution in [3.05, 3.63) is 59.7 Å². The molecule has 2 aliphatic rings. The summed E-state index contributed by atoms with van der Waals surface area (Å²) in [6, 6.07) is 15.9. The quantitative estimate of drug-likeness (QED) is 0.737. The molecule has 7 heteroatoms. The van der Waals surface area contributed by atoms with Crippen molar-refractivity contribution >= 4 is 23.4 Å². The van der Waals surface area contributed by atoms with E-state index in [1.54, 1.807) is 0 Å². The molecule has 0 radical (unpaired) electrons. The largest absolute Gasteiger partial charge is 0.444 e. The van der Waals surface area contributed by atoms with Gasteiger partial charge in [0, 0.05) is 30.9 Å². The first-order valence-corrected chi connectivity index (χ1v) is 11.6. The highest BCUT2D eigenvalue weighted by Gasteiger charge is 2.43. The van der Waals surface area contributed by atoms with Gasteiger partial charge in [0.05, 0.1) is 13.2 Å². The summed E-state index contributed by atoms with van der Waals surface area (Å²) in [4.78, 5) is 28.5. The number of hydrogen-bond acceptors (Lipinski definition) is 5. The van der Waals surface area contributed by atoms with Crippen LogP contribution in [0.3, 0.4) is 0 Å². The molecule has 0 bridgehead atoms. The summed E-state index contributed by atoms with van der Waals surface area (Å²) in [7, 11) is 0. The van der Waals surface area contributed by atoms with Gasteiger partial charge in [-0.05, 0) is 69.0 Å². The molecule has 2 amide bonds. The lowest BCUT2D eigenvalue weighted by Crippen LogP contribution is -2.60. The van der Waals surface area contributed by atoms with Crippen LogP contribution in [0.25, 0.3) is 0 Å². The third kappa shape index (κ3) is 5.66. The van der Waals surface area contributed by atoms with E-state index in [1.807, 2.05) is 63.2 Å². The molecule has 0 spiro atoms. The molecule has 2 aromatic rings. The molecule has 2 aromatic carbocycles. The first-order valence-electron chi connectivity index (χ1n) is 11.6. The number of nitrogens with zero attached hydrogens (tertiary/aromatic N) is 1. The van der Waals surface area contributed by atoms with E-state index in [2.05, 4.69) is 21.6 Å². The lowest BCUT2D eigenvalue weighted by atomic mass is 9.77. The number of carbonyl (C=O) groups is 2. The summed E-state index contributed by atoms with van der Waals surface area (Å²) in [5, 5.41) is 5.95. The van der Waals surface area contributed by atoms with Gasteiger partial charge in [-0.2, -0.15) is 0 Å². The maximum Gasteiger partial charge on any atom is 0.408 e. The van der Waals surface area contributed by atoms with Gasteiger partial charge >= 0.3 is 6.09 Å². The number of nitrogens with one attached hydrogen (secondary N) is 2. The summed E-state index contributed by atoms with van der Waals surface area (Å²) < 4.78 is 10.9. The number of rotatable bonds is 4. The van der Waals surface area contributed by atoms with E-state index in [4.69, 9.17) is 9.47 Å². The van der Waals surface area contributed by atoms with Crippen molar-refractivity contribution in [3.8, 4) is 0 Å². The first kappa shape index (κ1) is 23.1. The second-order valence-corrected chi connectivity index (χ2v) is 9.75. The number of aryl methyl sites for hydroxylation is 1. The van der Waals surface area contributed by atoms with Gasteiger partial charge in [-0.3, -0.25) is 4.79 Å². The highest BCUT2D eigenvalue weighted by molar-refractivity contribution is 6.00. The van der Waals surface area contributed by atoms with Gasteiger partial charge in [-0.1, -0.05) is 24.3 Å². The Morgan fingerprint density at radius 1 is 1.00 bits per heavy atom. The van der Waals surface area contributed by atoms with Crippen LogP contribution < -0.4 is 15.5 Å². The van der Waals surface area contributed by atoms with Crippen molar-refractivity contribution < 1.29 is 19.1 Å². The van der Waals surface area contributed by atoms with Crippen LogP contribution in [0, 0.1) is 0 Å². The van der Waals surface area contributed by atoms with Gasteiger partial charge in [0.1, 0.15) is 11.1 Å². The van der Waals surface area contributed by atoms with E-state index in [9.17, 15) is 9.59 Å². The molecule has 176 valence electrons. The Balaban J connectivity index is 1.52. The minimum absolute atomic E-state index is 0.234. The van der Waals surface area contributed by atoms with Crippen LogP contribution >= 0.6 is 0 Å². The smallest absolute Gasteiger partial charge is 0.408 e. The normalized spacial score (nSPS) is 20.5. The molecule has 1 unspecified atom stereocenters. The molecule has 1 atom stereocenters. The number of hydrogen-bond donors (Lipinski definition) is 2. The van der Waals surface area contributed by atoms with Crippen molar-refractivity contribution in [1.82, 2.24) is 5.32 Å². The Labute approximate surface area is 195 Å². The van der Waals surface area contributed by atoms with Gasteiger partial charge in [0.15, 0.2) is 0 Å². The Kier molecular flexibility index (Phi) is 6.61.